The molecule has 0 fully saturated rings. The predicted octanol–water partition coefficient (Wildman–Crippen LogP) is 15.8. The van der Waals surface area contributed by atoms with Crippen molar-refractivity contribution in [3.8, 4) is 91.5 Å². The maximum atomic E-state index is 12.9. The molecule has 2 aliphatic carbocycles. The van der Waals surface area contributed by atoms with E-state index in [2.05, 4.69) is 247 Å². The third-order valence-electron chi connectivity index (χ3n) is 15.2. The van der Waals surface area contributed by atoms with Crippen molar-refractivity contribution in [2.45, 2.75) is 105 Å². The fourth-order valence-corrected chi connectivity index (χ4v) is 11.4. The van der Waals surface area contributed by atoms with Gasteiger partial charge in [0.05, 0.1) is 6.61 Å². The summed E-state index contributed by atoms with van der Waals surface area (Å²) in [5.74, 6) is 12.5. The van der Waals surface area contributed by atoms with Crippen molar-refractivity contribution in [3.63, 3.8) is 0 Å². The number of hydrogen-bond acceptors (Lipinski definition) is 18. The quantitative estimate of drug-likeness (QED) is 0.00877. The van der Waals surface area contributed by atoms with Crippen LogP contribution in [0.25, 0.3) is 82.4 Å². The molecule has 444 valence electrons. The molecule has 0 bridgehead atoms. The van der Waals surface area contributed by atoms with E-state index in [0.717, 1.165) is 79.9 Å². The van der Waals surface area contributed by atoms with E-state index in [1.54, 1.807) is 12.1 Å². The zero-order chi connectivity index (χ0) is 60.9. The second-order valence-corrected chi connectivity index (χ2v) is 21.9. The number of allylic oxidation sites excluding steroid dienone is 2. The van der Waals surface area contributed by atoms with Crippen molar-refractivity contribution in [2.24, 2.45) is 0 Å². The number of hydrogen-bond donors (Lipinski definition) is 1. The first kappa shape index (κ1) is 61.3. The molecule has 87 heavy (non-hydrogen) atoms. The normalized spacial score (nSPS) is 13.0. The third kappa shape index (κ3) is 14.5. The van der Waals surface area contributed by atoms with E-state index >= 15 is 0 Å². The molecule has 0 saturated heterocycles. The van der Waals surface area contributed by atoms with Crippen molar-refractivity contribution < 1.29 is 89.7 Å². The Bertz CT molecular complexity index is 4090. The first-order valence-corrected chi connectivity index (χ1v) is 28.2. The molecular weight excluding hydrogens is 1120 g/mol. The van der Waals surface area contributed by atoms with Crippen molar-refractivity contribution in [2.75, 3.05) is 6.61 Å². The number of esters is 1. The minimum Gasteiger partial charge on any atom is -0.494 e. The molecule has 18 nitrogen and oxygen atoms in total. The van der Waals surface area contributed by atoms with Crippen LogP contribution in [0.3, 0.4) is 0 Å². The lowest BCUT2D eigenvalue weighted by Gasteiger charge is -2.36. The zero-order valence-electron chi connectivity index (χ0n) is 48.7. The molecule has 18 heteroatoms. The zero-order valence-corrected chi connectivity index (χ0v) is 48.7. The van der Waals surface area contributed by atoms with Crippen LogP contribution in [0.5, 0.6) is 11.5 Å². The number of ether oxygens (including phenoxy) is 2. The van der Waals surface area contributed by atoms with Crippen LogP contribution in [0.15, 0.2) is 127 Å². The Morgan fingerprint density at radius 3 is 1.75 bits per heavy atom. The SMILES string of the molecule is CCCCCCCCOc1ccc(-c2c3ccc(C)cc3c(-c3ccc(OC(=O)C#CC#CC#CC(=O)OOOOOOOOOOOOOO)cc3)c3ccc(-c4ccc5c6c(cc(C)cc46)C4CC=C(C)c6cc(C(C)(C)C)cc-5c64)cc23)cc1. The topological polar surface area (TPSA) is 193 Å². The van der Waals surface area contributed by atoms with Gasteiger partial charge in [-0.05, 0) is 228 Å². The van der Waals surface area contributed by atoms with E-state index in [0.29, 0.717) is 6.61 Å². The first-order valence-electron chi connectivity index (χ1n) is 28.2. The summed E-state index contributed by atoms with van der Waals surface area (Å²) in [6.45, 7) is 16.4. The predicted molar refractivity (Wildman–Crippen MR) is 319 cm³/mol. The highest BCUT2D eigenvalue weighted by Gasteiger charge is 2.34. The lowest BCUT2D eigenvalue weighted by Crippen LogP contribution is -2.18. The molecule has 1 atom stereocenters. The Labute approximate surface area is 501 Å². The van der Waals surface area contributed by atoms with Gasteiger partial charge in [-0.25, -0.2) is 14.8 Å². The van der Waals surface area contributed by atoms with Crippen LogP contribution in [-0.2, 0) is 80.4 Å². The van der Waals surface area contributed by atoms with Gasteiger partial charge in [-0.3, -0.25) is 4.89 Å². The minimum atomic E-state index is -1.29. The van der Waals surface area contributed by atoms with Crippen LogP contribution >= 0.6 is 0 Å². The summed E-state index contributed by atoms with van der Waals surface area (Å²) >= 11 is 0. The Balaban J connectivity index is 0.938. The van der Waals surface area contributed by atoms with Gasteiger partial charge in [0, 0.05) is 48.0 Å². The summed E-state index contributed by atoms with van der Waals surface area (Å²) in [5, 5.41) is 57.6. The average molecular weight is 1180 g/mol. The largest absolute Gasteiger partial charge is 0.494 e. The highest BCUT2D eigenvalue weighted by Crippen LogP contribution is 2.55. The van der Waals surface area contributed by atoms with Gasteiger partial charge >= 0.3 is 11.9 Å². The molecule has 8 aromatic rings. The fraction of sp³-hybridized carbons (Fsp3) is 0.246. The summed E-state index contributed by atoms with van der Waals surface area (Å²) < 4.78 is 11.9. The molecule has 0 aliphatic heterocycles. The fourth-order valence-electron chi connectivity index (χ4n) is 11.4. The van der Waals surface area contributed by atoms with E-state index in [9.17, 15) is 9.59 Å². The maximum Gasteiger partial charge on any atom is 0.421 e. The van der Waals surface area contributed by atoms with Crippen LogP contribution in [0.1, 0.15) is 119 Å². The number of aryl methyl sites for hydroxylation is 2. The third-order valence-corrected chi connectivity index (χ3v) is 15.2. The van der Waals surface area contributed by atoms with Crippen molar-refractivity contribution in [3.05, 3.63) is 161 Å². The standard InChI is InChI=1S/C69H60O18/c1-8-9-10-11-14-17-36-73-50-27-22-46(23-28-50)66-53-31-20-43(2)37-59(53)65(47-24-29-51(30-25-47)74-63(70)18-15-12-13-16-19-64(71)75-77-79-81-83-85-87-86-84-82-80-78-76-72)54-33-26-48(40-61(54)66)52-34-35-56-62-42-49(69(5,6)7)41-57-45(4)21-32-55(67(57)62)60-39-44(3)38-58(52)68(56)60/h20-31,33-35,37-42,55,72H,8-11,14,17,32,36H2,1-7H3. The van der Waals surface area contributed by atoms with Gasteiger partial charge in [-0.2, -0.15) is 0 Å². The molecule has 1 unspecified atom stereocenters. The van der Waals surface area contributed by atoms with E-state index in [-0.39, 0.29) is 17.1 Å². The van der Waals surface area contributed by atoms with Gasteiger partial charge < -0.3 is 9.47 Å². The Morgan fingerprint density at radius 1 is 0.517 bits per heavy atom. The number of fused-ring (bicyclic) bond motifs is 4. The van der Waals surface area contributed by atoms with Crippen LogP contribution in [0.2, 0.25) is 0 Å². The van der Waals surface area contributed by atoms with Crippen LogP contribution in [0, 0.1) is 49.4 Å². The van der Waals surface area contributed by atoms with Gasteiger partial charge in [-0.15, -0.1) is 0 Å². The molecular formula is C69H60O18. The summed E-state index contributed by atoms with van der Waals surface area (Å²) in [7, 11) is 0. The number of unbranched alkanes of at least 4 members (excludes halogenated alkanes) is 5. The average Bonchev–Trinajstić information content (AvgIpc) is 1.10. The van der Waals surface area contributed by atoms with Crippen molar-refractivity contribution >= 4 is 49.8 Å². The first-order chi connectivity index (χ1) is 42.3. The number of benzene rings is 8. The second-order valence-electron chi connectivity index (χ2n) is 21.9. The molecule has 0 amide bonds. The summed E-state index contributed by atoms with van der Waals surface area (Å²) in [6.07, 6.45) is 10.6. The lowest BCUT2D eigenvalue weighted by molar-refractivity contribution is -0.874. The van der Waals surface area contributed by atoms with E-state index < -0.39 is 11.9 Å². The van der Waals surface area contributed by atoms with Crippen LogP contribution in [0.4, 0.5) is 0 Å². The highest BCUT2D eigenvalue weighted by molar-refractivity contribution is 6.22. The minimum absolute atomic E-state index is 0.0237. The Hall–Kier alpha value is -8.82. The molecule has 0 spiro atoms. The smallest absolute Gasteiger partial charge is 0.421 e. The molecule has 8 aromatic carbocycles. The molecule has 0 saturated carbocycles. The van der Waals surface area contributed by atoms with E-state index in [4.69, 9.17) is 14.7 Å². The Morgan fingerprint density at radius 2 is 1.08 bits per heavy atom. The molecule has 1 N–H and O–H groups in total. The van der Waals surface area contributed by atoms with Gasteiger partial charge in [0.15, 0.2) is 0 Å². The number of rotatable bonds is 24. The second kappa shape index (κ2) is 28.6. The lowest BCUT2D eigenvalue weighted by atomic mass is 9.68. The monoisotopic (exact) mass is 1180 g/mol. The van der Waals surface area contributed by atoms with Gasteiger partial charge in [0.25, 0.3) is 0 Å². The summed E-state index contributed by atoms with van der Waals surface area (Å²) in [4.78, 5) is 28.6. The highest BCUT2D eigenvalue weighted by atomic mass is 18.0. The van der Waals surface area contributed by atoms with Crippen molar-refractivity contribution in [1.29, 1.82) is 0 Å². The van der Waals surface area contributed by atoms with E-state index in [1.807, 2.05) is 18.1 Å². The molecule has 0 aromatic heterocycles. The van der Waals surface area contributed by atoms with Gasteiger partial charge in [0.2, 0.25) is 0 Å². The molecule has 2 aliphatic rings. The van der Waals surface area contributed by atoms with Crippen molar-refractivity contribution in [1.82, 2.24) is 0 Å². The van der Waals surface area contributed by atoms with Crippen LogP contribution < -0.4 is 9.47 Å². The number of carbonyl (C=O) groups is 2. The maximum absolute atomic E-state index is 12.9. The van der Waals surface area contributed by atoms with E-state index in [1.165, 1.54) is 86.5 Å². The Kier molecular flexibility index (Phi) is 20.1. The molecule has 10 rings (SSSR count). The summed E-state index contributed by atoms with van der Waals surface area (Å²) in [5.41, 5.74) is 18.3. The number of carbonyl (C=O) groups excluding carboxylic acids is 2. The molecule has 0 radical (unpaired) electrons. The summed E-state index contributed by atoms with van der Waals surface area (Å²) in [6, 6.07) is 43.9. The molecule has 0 heterocycles. The van der Waals surface area contributed by atoms with Gasteiger partial charge in [0.1, 0.15) is 11.5 Å². The van der Waals surface area contributed by atoms with Gasteiger partial charge in [-0.1, -0.05) is 168 Å². The van der Waals surface area contributed by atoms with Crippen LogP contribution in [-0.4, -0.2) is 23.8 Å².